The highest BCUT2D eigenvalue weighted by molar-refractivity contribution is 6.31. The van der Waals surface area contributed by atoms with E-state index in [1.165, 1.54) is 24.3 Å². The third kappa shape index (κ3) is 6.87. The first-order chi connectivity index (χ1) is 19.5. The lowest BCUT2D eigenvalue weighted by Crippen LogP contribution is -2.42. The highest BCUT2D eigenvalue weighted by Gasteiger charge is 2.25. The van der Waals surface area contributed by atoms with E-state index < -0.39 is 53.7 Å². The van der Waals surface area contributed by atoms with Gasteiger partial charge in [-0.05, 0) is 44.2 Å². The van der Waals surface area contributed by atoms with Crippen molar-refractivity contribution in [2.45, 2.75) is 32.4 Å². The van der Waals surface area contributed by atoms with Crippen LogP contribution in [-0.2, 0) is 16.0 Å². The largest absolute Gasteiger partial charge is 0.480 e. The standard InChI is InChI=1S/C29H24ClF2N3O6/c1-15-25(34-29(39)40-16(2)19-6-3-4-7-21(19)30)26(41-35-15)17-10-12-18(13-11-17)27(36)33-24(28(37)38)14-20-22(31)8-5-9-23(20)32/h3-13,16,24H,14H2,1-2H3,(H,33,36)(H,34,39)(H,37,38). The normalized spacial score (nSPS) is 12.3. The van der Waals surface area contributed by atoms with Crippen molar-refractivity contribution in [3.8, 4) is 11.3 Å². The van der Waals surface area contributed by atoms with Crippen molar-refractivity contribution in [2.24, 2.45) is 0 Å². The fourth-order valence-corrected chi connectivity index (χ4v) is 4.31. The van der Waals surface area contributed by atoms with E-state index in [4.69, 9.17) is 20.9 Å². The van der Waals surface area contributed by atoms with Gasteiger partial charge in [0.15, 0.2) is 5.76 Å². The Morgan fingerprint density at radius 2 is 1.68 bits per heavy atom. The van der Waals surface area contributed by atoms with Crippen LogP contribution < -0.4 is 10.6 Å². The van der Waals surface area contributed by atoms with E-state index in [0.29, 0.717) is 21.8 Å². The number of carbonyl (C=O) groups is 3. The number of carboxylic acid groups (broad SMARTS) is 1. The zero-order valence-electron chi connectivity index (χ0n) is 21.8. The molecule has 212 valence electrons. The van der Waals surface area contributed by atoms with Crippen LogP contribution >= 0.6 is 11.6 Å². The van der Waals surface area contributed by atoms with Crippen molar-refractivity contribution in [3.05, 3.63) is 106 Å². The van der Waals surface area contributed by atoms with Gasteiger partial charge in [0.25, 0.3) is 5.91 Å². The Labute approximate surface area is 238 Å². The SMILES string of the molecule is Cc1noc(-c2ccc(C(=O)NC(Cc3c(F)cccc3F)C(=O)O)cc2)c1NC(=O)OC(C)c1ccccc1Cl. The van der Waals surface area contributed by atoms with Gasteiger partial charge < -0.3 is 19.7 Å². The number of aromatic nitrogens is 1. The Balaban J connectivity index is 1.45. The smallest absolute Gasteiger partial charge is 0.412 e. The average molecular weight is 584 g/mol. The van der Waals surface area contributed by atoms with Gasteiger partial charge in [-0.25, -0.2) is 18.4 Å². The quantitative estimate of drug-likeness (QED) is 0.210. The molecular formula is C29H24ClF2N3O6. The maximum atomic E-state index is 14.0. The minimum Gasteiger partial charge on any atom is -0.480 e. The first-order valence-electron chi connectivity index (χ1n) is 12.3. The van der Waals surface area contributed by atoms with Gasteiger partial charge in [0.1, 0.15) is 35.2 Å². The molecular weight excluding hydrogens is 560 g/mol. The number of amides is 2. The molecule has 0 aliphatic rings. The Morgan fingerprint density at radius 3 is 2.32 bits per heavy atom. The molecule has 0 saturated heterocycles. The van der Waals surface area contributed by atoms with Crippen molar-refractivity contribution in [1.29, 1.82) is 0 Å². The lowest BCUT2D eigenvalue weighted by Gasteiger charge is -2.16. The molecule has 0 saturated carbocycles. The topological polar surface area (TPSA) is 131 Å². The van der Waals surface area contributed by atoms with Gasteiger partial charge in [-0.1, -0.05) is 53.2 Å². The van der Waals surface area contributed by atoms with E-state index in [9.17, 15) is 28.3 Å². The van der Waals surface area contributed by atoms with Crippen LogP contribution in [0.3, 0.4) is 0 Å². The molecule has 4 aromatic rings. The number of carbonyl (C=O) groups excluding carboxylic acids is 2. The minimum absolute atomic E-state index is 0.0766. The molecule has 2 amide bonds. The van der Waals surface area contributed by atoms with Crippen molar-refractivity contribution in [1.82, 2.24) is 10.5 Å². The molecule has 1 heterocycles. The van der Waals surface area contributed by atoms with Crippen LogP contribution in [0.5, 0.6) is 0 Å². The number of carboxylic acids is 1. The molecule has 2 unspecified atom stereocenters. The Kier molecular flexibility index (Phi) is 8.98. The van der Waals surface area contributed by atoms with Gasteiger partial charge in [0.2, 0.25) is 0 Å². The summed E-state index contributed by atoms with van der Waals surface area (Å²) in [5.41, 5.74) is 1.32. The summed E-state index contributed by atoms with van der Waals surface area (Å²) in [6, 6.07) is 14.3. The fourth-order valence-electron chi connectivity index (χ4n) is 4.02. The second kappa shape index (κ2) is 12.6. The zero-order valence-corrected chi connectivity index (χ0v) is 22.5. The van der Waals surface area contributed by atoms with E-state index in [1.807, 2.05) is 0 Å². The van der Waals surface area contributed by atoms with Crippen molar-refractivity contribution >= 4 is 35.3 Å². The van der Waals surface area contributed by atoms with Crippen LogP contribution in [-0.4, -0.2) is 34.3 Å². The van der Waals surface area contributed by atoms with Crippen LogP contribution in [0.2, 0.25) is 5.02 Å². The number of rotatable bonds is 9. The Hall–Kier alpha value is -4.77. The van der Waals surface area contributed by atoms with Gasteiger partial charge in [0.05, 0.1) is 0 Å². The first-order valence-corrected chi connectivity index (χ1v) is 12.7. The molecule has 0 aliphatic carbocycles. The molecule has 0 fully saturated rings. The number of benzene rings is 3. The predicted octanol–water partition coefficient (Wildman–Crippen LogP) is 6.32. The number of aryl methyl sites for hydroxylation is 1. The number of hydrogen-bond donors (Lipinski definition) is 3. The fraction of sp³-hybridized carbons (Fsp3) is 0.172. The maximum absolute atomic E-state index is 14.0. The Bertz CT molecular complexity index is 1570. The van der Waals surface area contributed by atoms with Crippen LogP contribution in [0.1, 0.15) is 40.2 Å². The molecule has 9 nitrogen and oxygen atoms in total. The molecule has 3 aromatic carbocycles. The van der Waals surface area contributed by atoms with Crippen molar-refractivity contribution in [2.75, 3.05) is 5.32 Å². The van der Waals surface area contributed by atoms with Gasteiger partial charge in [-0.3, -0.25) is 10.1 Å². The number of nitrogens with one attached hydrogen (secondary N) is 2. The Morgan fingerprint density at radius 1 is 1.02 bits per heavy atom. The van der Waals surface area contributed by atoms with Gasteiger partial charge in [0, 0.05) is 33.7 Å². The van der Waals surface area contributed by atoms with Crippen molar-refractivity contribution < 1.29 is 37.5 Å². The number of anilines is 1. The lowest BCUT2D eigenvalue weighted by atomic mass is 10.0. The van der Waals surface area contributed by atoms with Crippen LogP contribution in [0.4, 0.5) is 19.3 Å². The van der Waals surface area contributed by atoms with Gasteiger partial charge >= 0.3 is 12.1 Å². The molecule has 0 bridgehead atoms. The van der Waals surface area contributed by atoms with E-state index in [2.05, 4.69) is 15.8 Å². The zero-order chi connectivity index (χ0) is 29.7. The van der Waals surface area contributed by atoms with Gasteiger partial charge in [-0.2, -0.15) is 0 Å². The summed E-state index contributed by atoms with van der Waals surface area (Å²) < 4.78 is 38.9. The van der Waals surface area contributed by atoms with E-state index >= 15 is 0 Å². The molecule has 0 spiro atoms. The first kappa shape index (κ1) is 29.2. The summed E-state index contributed by atoms with van der Waals surface area (Å²) in [7, 11) is 0. The maximum Gasteiger partial charge on any atom is 0.412 e. The highest BCUT2D eigenvalue weighted by atomic mass is 35.5. The molecule has 1 aromatic heterocycles. The third-order valence-corrected chi connectivity index (χ3v) is 6.54. The number of hydrogen-bond acceptors (Lipinski definition) is 6. The number of aliphatic carboxylic acids is 1. The molecule has 12 heteroatoms. The summed E-state index contributed by atoms with van der Waals surface area (Å²) in [6.45, 7) is 3.29. The summed E-state index contributed by atoms with van der Waals surface area (Å²) in [5, 5.41) is 18.8. The number of ether oxygens (including phenoxy) is 1. The summed E-state index contributed by atoms with van der Waals surface area (Å²) >= 11 is 6.18. The molecule has 2 atom stereocenters. The third-order valence-electron chi connectivity index (χ3n) is 6.20. The molecule has 4 rings (SSSR count). The molecule has 3 N–H and O–H groups in total. The lowest BCUT2D eigenvalue weighted by molar-refractivity contribution is -0.139. The molecule has 0 aliphatic heterocycles. The number of halogens is 3. The summed E-state index contributed by atoms with van der Waals surface area (Å²) in [4.78, 5) is 37.1. The second-order valence-corrected chi connectivity index (χ2v) is 9.42. The monoisotopic (exact) mass is 583 g/mol. The van der Waals surface area contributed by atoms with Crippen LogP contribution in [0.25, 0.3) is 11.3 Å². The second-order valence-electron chi connectivity index (χ2n) is 9.01. The highest BCUT2D eigenvalue weighted by Crippen LogP contribution is 2.32. The number of nitrogens with zero attached hydrogens (tertiary/aromatic N) is 1. The summed E-state index contributed by atoms with van der Waals surface area (Å²) in [5.74, 6) is -3.87. The average Bonchev–Trinajstić information content (AvgIpc) is 3.29. The van der Waals surface area contributed by atoms with E-state index in [-0.39, 0.29) is 17.0 Å². The minimum atomic E-state index is -1.58. The van der Waals surface area contributed by atoms with E-state index in [0.717, 1.165) is 18.2 Å². The van der Waals surface area contributed by atoms with Crippen molar-refractivity contribution in [3.63, 3.8) is 0 Å². The predicted molar refractivity (Wildman–Crippen MR) is 146 cm³/mol. The summed E-state index contributed by atoms with van der Waals surface area (Å²) in [6.07, 6.45) is -2.00. The van der Waals surface area contributed by atoms with Crippen LogP contribution in [0, 0.1) is 18.6 Å². The molecule has 0 radical (unpaired) electrons. The van der Waals surface area contributed by atoms with Crippen LogP contribution in [0.15, 0.2) is 71.3 Å². The molecule has 41 heavy (non-hydrogen) atoms. The van der Waals surface area contributed by atoms with Gasteiger partial charge in [-0.15, -0.1) is 0 Å². The van der Waals surface area contributed by atoms with E-state index in [1.54, 1.807) is 38.1 Å².